The fourth-order valence-electron chi connectivity index (χ4n) is 1.12. The molecule has 9 heteroatoms. The van der Waals surface area contributed by atoms with Gasteiger partial charge in [-0.1, -0.05) is 30.0 Å². The van der Waals surface area contributed by atoms with Crippen LogP contribution in [0.15, 0.2) is 35.2 Å². The molecule has 0 aliphatic rings. The van der Waals surface area contributed by atoms with Gasteiger partial charge >= 0.3 is 51.4 Å². The molecule has 0 saturated heterocycles. The predicted octanol–water partition coefficient (Wildman–Crippen LogP) is -2.07. The first-order valence-electron chi connectivity index (χ1n) is 4.82. The Morgan fingerprint density at radius 2 is 1.89 bits per heavy atom. The summed E-state index contributed by atoms with van der Waals surface area (Å²) in [7, 11) is -2.72. The van der Waals surface area contributed by atoms with Gasteiger partial charge in [-0.2, -0.15) is 4.08 Å². The van der Waals surface area contributed by atoms with Crippen molar-refractivity contribution in [3.05, 3.63) is 30.3 Å². The molecule has 0 aromatic heterocycles. The van der Waals surface area contributed by atoms with E-state index in [0.717, 1.165) is 7.05 Å². The van der Waals surface area contributed by atoms with Gasteiger partial charge in [-0.05, 0) is 19.1 Å². The third-order valence-corrected chi connectivity index (χ3v) is 7.52. The molecule has 1 unspecified atom stereocenters. The Labute approximate surface area is 155 Å². The van der Waals surface area contributed by atoms with Gasteiger partial charge in [-0.25, -0.2) is 8.42 Å². The van der Waals surface area contributed by atoms with Crippen LogP contribution in [0, 0.1) is 0 Å². The zero-order valence-corrected chi connectivity index (χ0v) is 16.1. The number of nitrogens with zero attached hydrogens (tertiary/aromatic N) is 1. The first-order chi connectivity index (χ1) is 7.82. The number of hydrogen-bond acceptors (Lipinski definition) is 5. The monoisotopic (exact) mass is 333 g/mol. The third kappa shape index (κ3) is 4.71. The fourth-order valence-corrected chi connectivity index (χ4v) is 5.00. The Morgan fingerprint density at radius 1 is 1.39 bits per heavy atom. The zero-order chi connectivity index (χ0) is 13.1. The van der Waals surface area contributed by atoms with Crippen molar-refractivity contribution in [3.63, 3.8) is 0 Å². The molecule has 0 N–H and O–H groups in total. The van der Waals surface area contributed by atoms with E-state index >= 15 is 0 Å². The summed E-state index contributed by atoms with van der Waals surface area (Å²) in [4.78, 5) is 11.9. The maximum atomic E-state index is 12.1. The van der Waals surface area contributed by atoms with Crippen LogP contribution < -0.4 is 56.3 Å². The first-order valence-corrected chi connectivity index (χ1v) is 8.85. The summed E-state index contributed by atoms with van der Waals surface area (Å²) in [5.41, 5.74) is 0. The van der Waals surface area contributed by atoms with Gasteiger partial charge in [0, 0.05) is 13.7 Å². The van der Waals surface area contributed by atoms with Gasteiger partial charge < -0.3 is 9.42 Å². The molecular weight excluding hydrogens is 320 g/mol. The van der Waals surface area contributed by atoms with E-state index in [1.807, 2.05) is 0 Å². The summed E-state index contributed by atoms with van der Waals surface area (Å²) in [5, 5.41) is 0. The second-order valence-electron chi connectivity index (χ2n) is 3.14. The molecule has 1 aromatic carbocycles. The largest absolute Gasteiger partial charge is 1.00 e. The molecule has 1 atom stereocenters. The Balaban J connectivity index is 0.00000289. The van der Waals surface area contributed by atoms with Crippen LogP contribution in [0.2, 0.25) is 0 Å². The van der Waals surface area contributed by atoms with Crippen molar-refractivity contribution in [2.45, 2.75) is 11.8 Å². The minimum Gasteiger partial charge on any atom is -0.789 e. The second-order valence-corrected chi connectivity index (χ2v) is 8.56. The topological polar surface area (TPSA) is 69.7 Å². The van der Waals surface area contributed by atoms with Crippen LogP contribution in [0.3, 0.4) is 0 Å². The molecule has 1 aromatic rings. The van der Waals surface area contributed by atoms with Crippen LogP contribution in [0.4, 0.5) is 0 Å². The van der Waals surface area contributed by atoms with Crippen LogP contribution in [0.1, 0.15) is 6.92 Å². The summed E-state index contributed by atoms with van der Waals surface area (Å²) >= 11 is 4.69. The molecule has 0 bridgehead atoms. The van der Waals surface area contributed by atoms with Crippen molar-refractivity contribution in [1.82, 2.24) is 4.08 Å². The van der Waals surface area contributed by atoms with Gasteiger partial charge in [0.25, 0.3) is 0 Å². The average Bonchev–Trinajstić information content (AvgIpc) is 2.29. The molecule has 0 heterocycles. The van der Waals surface area contributed by atoms with Crippen LogP contribution in [0.25, 0.3) is 0 Å². The van der Waals surface area contributed by atoms with Gasteiger partial charge in [0.1, 0.15) is 0 Å². The second kappa shape index (κ2) is 7.95. The smallest absolute Gasteiger partial charge is 0.789 e. The summed E-state index contributed by atoms with van der Waals surface area (Å²) < 4.78 is 29.6. The van der Waals surface area contributed by atoms with Crippen LogP contribution in [-0.4, -0.2) is 26.1 Å². The van der Waals surface area contributed by atoms with E-state index in [0.29, 0.717) is 4.08 Å². The van der Waals surface area contributed by atoms with Crippen molar-refractivity contribution in [2.24, 2.45) is 0 Å². The SMILES string of the molecule is CCOP([O-])(=S)N(C)S(=O)(=O)c1ccccc1.[K+]. The molecule has 18 heavy (non-hydrogen) atoms. The predicted molar refractivity (Wildman–Crippen MR) is 67.3 cm³/mol. The van der Waals surface area contributed by atoms with Gasteiger partial charge in [0.05, 0.1) is 11.5 Å². The van der Waals surface area contributed by atoms with Crippen LogP contribution >= 0.6 is 6.64 Å². The summed E-state index contributed by atoms with van der Waals surface area (Å²) in [6, 6.07) is 7.67. The molecule has 0 aliphatic heterocycles. The van der Waals surface area contributed by atoms with E-state index in [1.165, 1.54) is 12.1 Å². The number of hydrogen-bond donors (Lipinski definition) is 0. The van der Waals surface area contributed by atoms with Crippen molar-refractivity contribution < 1.29 is 69.2 Å². The van der Waals surface area contributed by atoms with Gasteiger partial charge in [0.2, 0.25) is 10.0 Å². The van der Waals surface area contributed by atoms with Crippen molar-refractivity contribution >= 4 is 28.5 Å². The molecule has 0 saturated carbocycles. The standard InChI is InChI=1S/C9H14NO4PS2.K/c1-3-14-15(11,16)10(2)17(12,13)9-7-5-4-6-8-9;/h4-8H,3H2,1-2H3,(H,11,16);/q;+1/p-1. The maximum Gasteiger partial charge on any atom is 1.00 e. The molecule has 96 valence electrons. The van der Waals surface area contributed by atoms with E-state index in [4.69, 9.17) is 16.3 Å². The van der Waals surface area contributed by atoms with E-state index in [2.05, 4.69) is 0 Å². The minimum atomic E-state index is -3.88. The minimum absolute atomic E-state index is 0. The van der Waals surface area contributed by atoms with Crippen LogP contribution in [0.5, 0.6) is 0 Å². The Kier molecular flexibility index (Phi) is 8.54. The maximum absolute atomic E-state index is 12.1. The number of sulfonamides is 1. The number of rotatable bonds is 5. The molecule has 0 radical (unpaired) electrons. The van der Waals surface area contributed by atoms with Crippen LogP contribution in [-0.2, 0) is 26.4 Å². The quantitative estimate of drug-likeness (QED) is 0.457. The fraction of sp³-hybridized carbons (Fsp3) is 0.333. The first kappa shape index (κ1) is 19.3. The van der Waals surface area contributed by atoms with Crippen molar-refractivity contribution in [3.8, 4) is 0 Å². The van der Waals surface area contributed by atoms with Gasteiger partial charge in [-0.15, -0.1) is 0 Å². The molecule has 0 spiro atoms. The molecule has 0 amide bonds. The van der Waals surface area contributed by atoms with E-state index in [1.54, 1.807) is 25.1 Å². The van der Waals surface area contributed by atoms with Gasteiger partial charge in [0.15, 0.2) is 0 Å². The normalized spacial score (nSPS) is 14.9. The summed E-state index contributed by atoms with van der Waals surface area (Å²) in [6.45, 7) is -2.05. The third-order valence-electron chi connectivity index (χ3n) is 2.03. The zero-order valence-electron chi connectivity index (χ0n) is 10.4. The van der Waals surface area contributed by atoms with E-state index in [9.17, 15) is 13.3 Å². The van der Waals surface area contributed by atoms with Gasteiger partial charge in [-0.3, -0.25) is 0 Å². The summed E-state index contributed by atoms with van der Waals surface area (Å²) in [5.74, 6) is 0. The molecule has 1 rings (SSSR count). The molecule has 5 nitrogen and oxygen atoms in total. The molecule has 0 aliphatic carbocycles. The summed E-state index contributed by atoms with van der Waals surface area (Å²) in [6.07, 6.45) is 0. The Bertz CT molecular complexity index is 523. The number of benzene rings is 1. The molecule has 0 fully saturated rings. The molecular formula is C9H13KNO4PS2. The van der Waals surface area contributed by atoms with E-state index < -0.39 is 16.7 Å². The van der Waals surface area contributed by atoms with E-state index in [-0.39, 0.29) is 62.9 Å². The van der Waals surface area contributed by atoms with Crippen molar-refractivity contribution in [2.75, 3.05) is 13.7 Å². The Morgan fingerprint density at radius 3 is 2.33 bits per heavy atom. The van der Waals surface area contributed by atoms with Crippen molar-refractivity contribution in [1.29, 1.82) is 0 Å². The average molecular weight is 333 g/mol. The Hall–Kier alpha value is 1.34.